The van der Waals surface area contributed by atoms with Gasteiger partial charge in [-0.25, -0.2) is 0 Å². The van der Waals surface area contributed by atoms with E-state index in [9.17, 15) is 9.90 Å². The summed E-state index contributed by atoms with van der Waals surface area (Å²) < 4.78 is 0. The van der Waals surface area contributed by atoms with E-state index in [2.05, 4.69) is 19.6 Å². The van der Waals surface area contributed by atoms with E-state index in [-0.39, 0.29) is 57.1 Å². The Bertz CT molecular complexity index is 136. The summed E-state index contributed by atoms with van der Waals surface area (Å²) in [4.78, 5) is 10.0. The average Bonchev–Trinajstić information content (AvgIpc) is 1.78. The molecule has 5 heteroatoms. The maximum Gasteiger partial charge on any atom is 1.00 e. The van der Waals surface area contributed by atoms with Crippen LogP contribution in [0, 0.1) is 0 Å². The fourth-order valence-electron chi connectivity index (χ4n) is 0.534. The molecular weight excluding hydrogens is 215 g/mol. The summed E-state index contributed by atoms with van der Waals surface area (Å²) in [6, 6.07) is 1.19. The second kappa shape index (κ2) is 8.02. The summed E-state index contributed by atoms with van der Waals surface area (Å²) in [6.45, 7) is 6.85. The fraction of sp³-hybridized carbons (Fsp3) is 0.857. The molecule has 0 bridgehead atoms. The van der Waals surface area contributed by atoms with E-state index in [1.54, 1.807) is 0 Å². The van der Waals surface area contributed by atoms with Crippen LogP contribution in [0.5, 0.6) is 0 Å². The van der Waals surface area contributed by atoms with Crippen LogP contribution >= 0.6 is 11.8 Å². The van der Waals surface area contributed by atoms with Crippen LogP contribution in [0.4, 0.5) is 0 Å². The van der Waals surface area contributed by atoms with Gasteiger partial charge in [-0.15, -0.1) is 0 Å². The molecule has 0 rings (SSSR count). The first-order chi connectivity index (χ1) is 4.92. The van der Waals surface area contributed by atoms with Gasteiger partial charge in [0.05, 0.1) is 5.97 Å². The molecule has 0 saturated carbocycles. The number of carbonyl (C=O) groups excluding carboxylic acids is 1. The molecule has 0 radical (unpaired) electrons. The largest absolute Gasteiger partial charge is 1.00 e. The minimum absolute atomic E-state index is 0. The molecule has 66 valence electrons. The van der Waals surface area contributed by atoms with Crippen molar-refractivity contribution in [3.63, 3.8) is 0 Å². The molecule has 0 N–H and O–H groups in total. The van der Waals surface area contributed by atoms with E-state index >= 15 is 0 Å². The molecule has 0 heterocycles. The third-order valence-corrected chi connectivity index (χ3v) is 4.26. The zero-order valence-electron chi connectivity index (χ0n) is 8.35. The zero-order valence-corrected chi connectivity index (χ0v) is 13.3. The molecule has 0 unspecified atom stereocenters. The predicted octanol–water partition coefficient (Wildman–Crippen LogP) is -2.19. The van der Waals surface area contributed by atoms with Crippen molar-refractivity contribution >= 4 is 25.8 Å². The number of thioether (sulfide) groups is 1. The molecule has 0 amide bonds. The van der Waals surface area contributed by atoms with Crippen LogP contribution in [0.2, 0.25) is 25.7 Å². The maximum atomic E-state index is 10.0. The summed E-state index contributed by atoms with van der Waals surface area (Å²) in [7, 11) is -0.963. The number of carboxylic acids is 1. The molecule has 0 aromatic rings. The van der Waals surface area contributed by atoms with E-state index in [1.807, 2.05) is 0 Å². The van der Waals surface area contributed by atoms with Crippen molar-refractivity contribution in [2.75, 3.05) is 11.5 Å². The minimum Gasteiger partial charge on any atom is -0.549 e. The Balaban J connectivity index is 0. The first-order valence-corrected chi connectivity index (χ1v) is 8.55. The molecule has 0 atom stereocenters. The molecule has 0 saturated heterocycles. The fourth-order valence-corrected chi connectivity index (χ4v) is 3.87. The van der Waals surface area contributed by atoms with Crippen molar-refractivity contribution in [2.24, 2.45) is 0 Å². The van der Waals surface area contributed by atoms with Gasteiger partial charge in [0.2, 0.25) is 0 Å². The van der Waals surface area contributed by atoms with Gasteiger partial charge in [0.1, 0.15) is 0 Å². The van der Waals surface area contributed by atoms with Crippen molar-refractivity contribution < 1.29 is 61.3 Å². The van der Waals surface area contributed by atoms with Gasteiger partial charge >= 0.3 is 51.4 Å². The van der Waals surface area contributed by atoms with Crippen LogP contribution in [-0.2, 0) is 4.79 Å². The summed E-state index contributed by atoms with van der Waals surface area (Å²) >= 11 is 1.46. The summed E-state index contributed by atoms with van der Waals surface area (Å²) in [5.41, 5.74) is 0. The molecule has 0 aromatic heterocycles. The van der Waals surface area contributed by atoms with E-state index < -0.39 is 14.0 Å². The Hall–Kier alpha value is 1.67. The first-order valence-electron chi connectivity index (χ1n) is 3.69. The smallest absolute Gasteiger partial charge is 0.549 e. The molecule has 0 aliphatic heterocycles. The SMILES string of the molecule is C[Si](C)(C)CCSCC(=O)[O-].[K+]. The Labute approximate surface area is 122 Å². The van der Waals surface area contributed by atoms with Gasteiger partial charge in [-0.2, -0.15) is 11.8 Å². The first kappa shape index (κ1) is 16.1. The van der Waals surface area contributed by atoms with E-state index in [4.69, 9.17) is 0 Å². The monoisotopic (exact) mass is 230 g/mol. The summed E-state index contributed by atoms with van der Waals surface area (Å²) in [5, 5.41) is 10.0. The molecular formula is C7H15KO2SSi. The average molecular weight is 230 g/mol. The Morgan fingerprint density at radius 2 is 1.92 bits per heavy atom. The van der Waals surface area contributed by atoms with Gasteiger partial charge in [-0.1, -0.05) is 19.6 Å². The number of carbonyl (C=O) groups is 1. The van der Waals surface area contributed by atoms with Gasteiger partial charge in [-0.3, -0.25) is 0 Å². The van der Waals surface area contributed by atoms with Crippen molar-refractivity contribution in [3.05, 3.63) is 0 Å². The molecule has 0 spiro atoms. The molecule has 0 aliphatic rings. The molecule has 2 nitrogen and oxygen atoms in total. The number of rotatable bonds is 5. The number of carboxylic acid groups (broad SMARTS) is 1. The Kier molecular flexibility index (Phi) is 10.8. The van der Waals surface area contributed by atoms with Gasteiger partial charge in [0, 0.05) is 13.8 Å². The molecule has 0 aliphatic carbocycles. The summed E-state index contributed by atoms with van der Waals surface area (Å²) in [6.07, 6.45) is 0. The second-order valence-electron chi connectivity index (χ2n) is 3.74. The third-order valence-electron chi connectivity index (χ3n) is 1.22. The van der Waals surface area contributed by atoms with Crippen LogP contribution in [0.1, 0.15) is 0 Å². The minimum atomic E-state index is -0.963. The maximum absolute atomic E-state index is 10.0. The van der Waals surface area contributed by atoms with Gasteiger partial charge in [0.25, 0.3) is 0 Å². The predicted molar refractivity (Wildman–Crippen MR) is 50.5 cm³/mol. The molecule has 0 fully saturated rings. The van der Waals surface area contributed by atoms with E-state index in [1.165, 1.54) is 17.8 Å². The number of hydrogen-bond acceptors (Lipinski definition) is 3. The zero-order chi connectivity index (χ0) is 8.91. The van der Waals surface area contributed by atoms with Crippen molar-refractivity contribution in [3.8, 4) is 0 Å². The van der Waals surface area contributed by atoms with Gasteiger partial charge in [-0.05, 0) is 11.8 Å². The van der Waals surface area contributed by atoms with Crippen molar-refractivity contribution in [2.45, 2.75) is 25.7 Å². The van der Waals surface area contributed by atoms with Crippen LogP contribution < -0.4 is 56.5 Å². The Morgan fingerprint density at radius 3 is 2.25 bits per heavy atom. The van der Waals surface area contributed by atoms with Crippen LogP contribution in [0.15, 0.2) is 0 Å². The Morgan fingerprint density at radius 1 is 1.42 bits per heavy atom. The normalized spacial score (nSPS) is 10.6. The second-order valence-corrected chi connectivity index (χ2v) is 10.5. The molecule has 0 aromatic carbocycles. The quantitative estimate of drug-likeness (QED) is 0.398. The van der Waals surface area contributed by atoms with E-state index in [0.29, 0.717) is 0 Å². The molecule has 12 heavy (non-hydrogen) atoms. The summed E-state index contributed by atoms with van der Waals surface area (Å²) in [5.74, 6) is 0.152. The standard InChI is InChI=1S/C7H16O2SSi.K/c1-11(2,3)5-4-10-6-7(8)9;/h4-6H2,1-3H3,(H,8,9);/q;+1/p-1. The van der Waals surface area contributed by atoms with Gasteiger partial charge < -0.3 is 9.90 Å². The van der Waals surface area contributed by atoms with Crippen LogP contribution in [0.25, 0.3) is 0 Å². The topological polar surface area (TPSA) is 40.1 Å². The number of aliphatic carboxylic acids is 1. The number of hydrogen-bond donors (Lipinski definition) is 0. The van der Waals surface area contributed by atoms with Crippen LogP contribution in [-0.4, -0.2) is 25.5 Å². The van der Waals surface area contributed by atoms with Gasteiger partial charge in [0.15, 0.2) is 0 Å². The van der Waals surface area contributed by atoms with E-state index in [0.717, 1.165) is 5.75 Å². The third kappa shape index (κ3) is 14.2. The van der Waals surface area contributed by atoms with Crippen LogP contribution in [0.3, 0.4) is 0 Å². The van der Waals surface area contributed by atoms with Crippen molar-refractivity contribution in [1.82, 2.24) is 0 Å². The van der Waals surface area contributed by atoms with Crippen molar-refractivity contribution in [1.29, 1.82) is 0 Å².